The Morgan fingerprint density at radius 3 is 2.60 bits per heavy atom. The van der Waals surface area contributed by atoms with E-state index in [1.54, 1.807) is 0 Å². The van der Waals surface area contributed by atoms with E-state index in [2.05, 4.69) is 0 Å². The van der Waals surface area contributed by atoms with Crippen LogP contribution in [0.15, 0.2) is 0 Å². The van der Waals surface area contributed by atoms with Crippen molar-refractivity contribution >= 4 is 0 Å². The molecule has 1 heterocycles. The summed E-state index contributed by atoms with van der Waals surface area (Å²) < 4.78 is 11.2. The Balaban J connectivity index is 1.94. The first-order valence-electron chi connectivity index (χ1n) is 6.16. The molecule has 1 saturated heterocycles. The first kappa shape index (κ1) is 11.4. The molecule has 0 aromatic rings. The summed E-state index contributed by atoms with van der Waals surface area (Å²) in [6.45, 7) is 4.13. The molecule has 1 saturated carbocycles. The van der Waals surface area contributed by atoms with Gasteiger partial charge in [0.05, 0.1) is 11.7 Å². The molecule has 1 N–H and O–H groups in total. The molecule has 1 aliphatic heterocycles. The van der Waals surface area contributed by atoms with Gasteiger partial charge < -0.3 is 14.6 Å². The van der Waals surface area contributed by atoms with Gasteiger partial charge in [0.25, 0.3) is 0 Å². The standard InChI is InChI=1S/C12H22O3/c1-2-15-12(5-7-14-8-6-12)11(13)9-10-3-4-10/h10-11,13H,2-9H2,1H3. The average Bonchev–Trinajstić information content (AvgIpc) is 3.03. The second-order valence-corrected chi connectivity index (χ2v) is 4.81. The lowest BCUT2D eigenvalue weighted by Gasteiger charge is -2.40. The normalized spacial score (nSPS) is 27.6. The van der Waals surface area contributed by atoms with E-state index in [1.807, 2.05) is 6.92 Å². The molecular weight excluding hydrogens is 192 g/mol. The minimum absolute atomic E-state index is 0.297. The fourth-order valence-corrected chi connectivity index (χ4v) is 2.46. The van der Waals surface area contributed by atoms with Crippen molar-refractivity contribution in [3.8, 4) is 0 Å². The molecule has 1 aliphatic carbocycles. The fraction of sp³-hybridized carbons (Fsp3) is 1.00. The van der Waals surface area contributed by atoms with Crippen molar-refractivity contribution < 1.29 is 14.6 Å². The minimum Gasteiger partial charge on any atom is -0.390 e. The smallest absolute Gasteiger partial charge is 0.0983 e. The molecule has 88 valence electrons. The number of aliphatic hydroxyl groups is 1. The largest absolute Gasteiger partial charge is 0.390 e. The molecule has 2 fully saturated rings. The van der Waals surface area contributed by atoms with Crippen molar-refractivity contribution in [3.63, 3.8) is 0 Å². The molecular formula is C12H22O3. The molecule has 0 bridgehead atoms. The highest BCUT2D eigenvalue weighted by Gasteiger charge is 2.42. The van der Waals surface area contributed by atoms with Crippen molar-refractivity contribution in [2.75, 3.05) is 19.8 Å². The maximum Gasteiger partial charge on any atom is 0.0983 e. The quantitative estimate of drug-likeness (QED) is 0.757. The zero-order valence-corrected chi connectivity index (χ0v) is 9.58. The molecule has 2 aliphatic rings. The first-order chi connectivity index (χ1) is 7.27. The lowest BCUT2D eigenvalue weighted by molar-refractivity contribution is -0.168. The van der Waals surface area contributed by atoms with Crippen molar-refractivity contribution in [1.82, 2.24) is 0 Å². The third-order valence-electron chi connectivity index (χ3n) is 3.63. The Morgan fingerprint density at radius 1 is 1.40 bits per heavy atom. The Bertz CT molecular complexity index is 190. The van der Waals surface area contributed by atoms with Crippen LogP contribution in [0.5, 0.6) is 0 Å². The summed E-state index contributed by atoms with van der Waals surface area (Å²) in [6, 6.07) is 0. The van der Waals surface area contributed by atoms with Gasteiger partial charge >= 0.3 is 0 Å². The van der Waals surface area contributed by atoms with E-state index in [-0.39, 0.29) is 11.7 Å². The Morgan fingerprint density at radius 2 is 2.07 bits per heavy atom. The third-order valence-corrected chi connectivity index (χ3v) is 3.63. The SMILES string of the molecule is CCOC1(C(O)CC2CC2)CCOCC1. The molecule has 15 heavy (non-hydrogen) atoms. The Kier molecular flexibility index (Phi) is 3.65. The summed E-state index contributed by atoms with van der Waals surface area (Å²) in [5.74, 6) is 0.750. The van der Waals surface area contributed by atoms with Gasteiger partial charge in [-0.2, -0.15) is 0 Å². The molecule has 0 aromatic carbocycles. The monoisotopic (exact) mass is 214 g/mol. The van der Waals surface area contributed by atoms with Gasteiger partial charge in [0.1, 0.15) is 0 Å². The van der Waals surface area contributed by atoms with Crippen LogP contribution in [-0.4, -0.2) is 36.6 Å². The van der Waals surface area contributed by atoms with Gasteiger partial charge in [0.15, 0.2) is 0 Å². The van der Waals surface area contributed by atoms with E-state index in [0.717, 1.165) is 38.4 Å². The lowest BCUT2D eigenvalue weighted by atomic mass is 9.85. The van der Waals surface area contributed by atoms with Gasteiger partial charge in [-0.1, -0.05) is 12.8 Å². The molecule has 2 rings (SSSR count). The van der Waals surface area contributed by atoms with Crippen LogP contribution in [0.25, 0.3) is 0 Å². The second-order valence-electron chi connectivity index (χ2n) is 4.81. The van der Waals surface area contributed by atoms with Crippen LogP contribution in [-0.2, 0) is 9.47 Å². The average molecular weight is 214 g/mol. The van der Waals surface area contributed by atoms with Gasteiger partial charge in [-0.15, -0.1) is 0 Å². The van der Waals surface area contributed by atoms with Crippen molar-refractivity contribution in [1.29, 1.82) is 0 Å². The summed E-state index contributed by atoms with van der Waals surface area (Å²) in [5.41, 5.74) is -0.310. The number of hydrogen-bond donors (Lipinski definition) is 1. The van der Waals surface area contributed by atoms with Crippen LogP contribution in [0.3, 0.4) is 0 Å². The summed E-state index contributed by atoms with van der Waals surface area (Å²) in [6.07, 6.45) is 4.88. The molecule has 1 unspecified atom stereocenters. The van der Waals surface area contributed by atoms with Gasteiger partial charge in [-0.3, -0.25) is 0 Å². The van der Waals surface area contributed by atoms with Gasteiger partial charge in [0, 0.05) is 32.7 Å². The highest BCUT2D eigenvalue weighted by Crippen LogP contribution is 2.39. The number of rotatable bonds is 5. The topological polar surface area (TPSA) is 38.7 Å². The molecule has 0 radical (unpaired) electrons. The summed E-state index contributed by atoms with van der Waals surface area (Å²) >= 11 is 0. The molecule has 0 spiro atoms. The number of aliphatic hydroxyl groups excluding tert-OH is 1. The van der Waals surface area contributed by atoms with Gasteiger partial charge in [-0.25, -0.2) is 0 Å². The van der Waals surface area contributed by atoms with Crippen LogP contribution in [0, 0.1) is 5.92 Å². The number of ether oxygens (including phenoxy) is 2. The molecule has 3 nitrogen and oxygen atoms in total. The van der Waals surface area contributed by atoms with Crippen LogP contribution < -0.4 is 0 Å². The Labute approximate surface area is 91.8 Å². The zero-order chi connectivity index (χ0) is 10.7. The van der Waals surface area contributed by atoms with Crippen LogP contribution >= 0.6 is 0 Å². The fourth-order valence-electron chi connectivity index (χ4n) is 2.46. The number of hydrogen-bond acceptors (Lipinski definition) is 3. The van der Waals surface area contributed by atoms with E-state index in [0.29, 0.717) is 6.61 Å². The van der Waals surface area contributed by atoms with Crippen LogP contribution in [0.2, 0.25) is 0 Å². The first-order valence-corrected chi connectivity index (χ1v) is 6.16. The summed E-state index contributed by atoms with van der Waals surface area (Å²) in [5, 5.41) is 10.3. The second kappa shape index (κ2) is 4.81. The van der Waals surface area contributed by atoms with Crippen LogP contribution in [0.4, 0.5) is 0 Å². The van der Waals surface area contributed by atoms with Crippen molar-refractivity contribution in [2.45, 2.75) is 50.7 Å². The van der Waals surface area contributed by atoms with Crippen molar-refractivity contribution in [3.05, 3.63) is 0 Å². The predicted molar refractivity (Wildman–Crippen MR) is 57.8 cm³/mol. The molecule has 3 heteroatoms. The van der Waals surface area contributed by atoms with Crippen LogP contribution in [0.1, 0.15) is 39.0 Å². The van der Waals surface area contributed by atoms with E-state index < -0.39 is 0 Å². The minimum atomic E-state index is -0.310. The van der Waals surface area contributed by atoms with E-state index in [1.165, 1.54) is 12.8 Å². The van der Waals surface area contributed by atoms with Gasteiger partial charge in [-0.05, 0) is 19.3 Å². The molecule has 0 aromatic heterocycles. The van der Waals surface area contributed by atoms with E-state index >= 15 is 0 Å². The zero-order valence-electron chi connectivity index (χ0n) is 9.58. The lowest BCUT2D eigenvalue weighted by Crippen LogP contribution is -2.49. The Hall–Kier alpha value is -0.120. The summed E-state index contributed by atoms with van der Waals surface area (Å²) in [4.78, 5) is 0. The maximum atomic E-state index is 10.3. The highest BCUT2D eigenvalue weighted by atomic mass is 16.5. The maximum absolute atomic E-state index is 10.3. The summed E-state index contributed by atoms with van der Waals surface area (Å²) in [7, 11) is 0. The third kappa shape index (κ3) is 2.71. The highest BCUT2D eigenvalue weighted by molar-refractivity contribution is 4.93. The van der Waals surface area contributed by atoms with Gasteiger partial charge in [0.2, 0.25) is 0 Å². The van der Waals surface area contributed by atoms with E-state index in [9.17, 15) is 5.11 Å². The predicted octanol–water partition coefficient (Wildman–Crippen LogP) is 1.73. The molecule has 0 amide bonds. The van der Waals surface area contributed by atoms with E-state index in [4.69, 9.17) is 9.47 Å². The molecule has 1 atom stereocenters. The van der Waals surface area contributed by atoms with Crippen molar-refractivity contribution in [2.24, 2.45) is 5.92 Å².